The molecule has 0 spiro atoms. The van der Waals surface area contributed by atoms with Gasteiger partial charge in [-0.05, 0) is 31.2 Å². The van der Waals surface area contributed by atoms with Gasteiger partial charge in [-0.25, -0.2) is 0 Å². The van der Waals surface area contributed by atoms with Gasteiger partial charge in [0.15, 0.2) is 6.61 Å². The molecule has 7 heteroatoms. The first-order valence-electron chi connectivity index (χ1n) is 6.83. The van der Waals surface area contributed by atoms with Gasteiger partial charge < -0.3 is 9.64 Å². The number of rotatable bonds is 6. The summed E-state index contributed by atoms with van der Waals surface area (Å²) in [7, 11) is 1.71. The Kier molecular flexibility index (Phi) is 5.69. The van der Waals surface area contributed by atoms with Crippen molar-refractivity contribution in [3.63, 3.8) is 0 Å². The Balaban J connectivity index is 1.92. The SMILES string of the molecule is CCn1ncc(Cl)c1CN(C)C(=O)COc1ccc(Cl)cc1. The number of aromatic nitrogens is 2. The van der Waals surface area contributed by atoms with Crippen molar-refractivity contribution < 1.29 is 9.53 Å². The zero-order valence-corrected chi connectivity index (χ0v) is 13.9. The standard InChI is InChI=1S/C15H17Cl2N3O2/c1-3-20-14(13(17)8-18-20)9-19(2)15(21)10-22-12-6-4-11(16)5-7-12/h4-8H,3,9-10H2,1-2H3. The molecule has 0 saturated carbocycles. The maximum atomic E-state index is 12.1. The third-order valence-corrected chi connectivity index (χ3v) is 3.75. The fourth-order valence-corrected chi connectivity index (χ4v) is 2.24. The molecule has 0 aliphatic carbocycles. The Hall–Kier alpha value is -1.72. The molecule has 22 heavy (non-hydrogen) atoms. The first-order chi connectivity index (χ1) is 10.5. The van der Waals surface area contributed by atoms with E-state index in [1.165, 1.54) is 0 Å². The van der Waals surface area contributed by atoms with Crippen molar-refractivity contribution in [2.75, 3.05) is 13.7 Å². The van der Waals surface area contributed by atoms with Crippen LogP contribution in [-0.4, -0.2) is 34.2 Å². The van der Waals surface area contributed by atoms with E-state index in [-0.39, 0.29) is 12.5 Å². The van der Waals surface area contributed by atoms with Crippen LogP contribution in [0.25, 0.3) is 0 Å². The lowest BCUT2D eigenvalue weighted by molar-refractivity contribution is -0.132. The zero-order valence-electron chi connectivity index (χ0n) is 12.4. The van der Waals surface area contributed by atoms with E-state index < -0.39 is 0 Å². The number of likely N-dealkylation sites (N-methyl/N-ethyl adjacent to an activating group) is 1. The van der Waals surface area contributed by atoms with Crippen molar-refractivity contribution in [3.8, 4) is 5.75 Å². The number of aryl methyl sites for hydroxylation is 1. The highest BCUT2D eigenvalue weighted by Crippen LogP contribution is 2.18. The van der Waals surface area contributed by atoms with Crippen molar-refractivity contribution in [1.82, 2.24) is 14.7 Å². The van der Waals surface area contributed by atoms with E-state index in [0.717, 1.165) is 5.69 Å². The van der Waals surface area contributed by atoms with Gasteiger partial charge in [0.1, 0.15) is 5.75 Å². The molecule has 0 fully saturated rings. The minimum Gasteiger partial charge on any atom is -0.484 e. The van der Waals surface area contributed by atoms with Gasteiger partial charge in [0.05, 0.1) is 23.5 Å². The highest BCUT2D eigenvalue weighted by atomic mass is 35.5. The summed E-state index contributed by atoms with van der Waals surface area (Å²) in [5, 5.41) is 5.33. The Morgan fingerprint density at radius 1 is 1.32 bits per heavy atom. The summed E-state index contributed by atoms with van der Waals surface area (Å²) in [6.07, 6.45) is 1.59. The Labute approximate surface area is 139 Å². The van der Waals surface area contributed by atoms with Crippen LogP contribution < -0.4 is 4.74 Å². The fourth-order valence-electron chi connectivity index (χ4n) is 1.92. The Morgan fingerprint density at radius 2 is 2.00 bits per heavy atom. The molecule has 2 aromatic rings. The molecule has 2 rings (SSSR count). The lowest BCUT2D eigenvalue weighted by Gasteiger charge is -2.18. The van der Waals surface area contributed by atoms with Crippen molar-refractivity contribution in [2.24, 2.45) is 0 Å². The molecule has 1 aromatic heterocycles. The Bertz CT molecular complexity index is 641. The van der Waals surface area contributed by atoms with E-state index >= 15 is 0 Å². The van der Waals surface area contributed by atoms with Crippen LogP contribution in [0.5, 0.6) is 5.75 Å². The molecule has 1 aromatic carbocycles. The smallest absolute Gasteiger partial charge is 0.260 e. The molecule has 0 aliphatic rings. The summed E-state index contributed by atoms with van der Waals surface area (Å²) in [4.78, 5) is 13.7. The molecule has 1 heterocycles. The largest absolute Gasteiger partial charge is 0.484 e. The second kappa shape index (κ2) is 7.51. The number of hydrogen-bond acceptors (Lipinski definition) is 3. The van der Waals surface area contributed by atoms with Gasteiger partial charge in [0.2, 0.25) is 0 Å². The fraction of sp³-hybridized carbons (Fsp3) is 0.333. The lowest BCUT2D eigenvalue weighted by atomic mass is 10.3. The van der Waals surface area contributed by atoms with Gasteiger partial charge in [-0.1, -0.05) is 23.2 Å². The van der Waals surface area contributed by atoms with Gasteiger partial charge in [-0.15, -0.1) is 0 Å². The summed E-state index contributed by atoms with van der Waals surface area (Å²) in [6, 6.07) is 6.87. The van der Waals surface area contributed by atoms with Crippen LogP contribution in [0.3, 0.4) is 0 Å². The van der Waals surface area contributed by atoms with E-state index in [2.05, 4.69) is 5.10 Å². The molecule has 5 nitrogen and oxygen atoms in total. The normalized spacial score (nSPS) is 10.5. The van der Waals surface area contributed by atoms with Crippen LogP contribution in [-0.2, 0) is 17.9 Å². The van der Waals surface area contributed by atoms with E-state index in [4.69, 9.17) is 27.9 Å². The number of nitrogens with zero attached hydrogens (tertiary/aromatic N) is 3. The van der Waals surface area contributed by atoms with Crippen LogP contribution in [0.1, 0.15) is 12.6 Å². The molecule has 0 N–H and O–H groups in total. The third kappa shape index (κ3) is 4.15. The summed E-state index contributed by atoms with van der Waals surface area (Å²) in [5.41, 5.74) is 0.812. The van der Waals surface area contributed by atoms with Crippen LogP contribution in [0.15, 0.2) is 30.5 Å². The second-order valence-electron chi connectivity index (χ2n) is 4.75. The van der Waals surface area contributed by atoms with Crippen LogP contribution >= 0.6 is 23.2 Å². The van der Waals surface area contributed by atoms with Gasteiger partial charge in [0.25, 0.3) is 5.91 Å². The van der Waals surface area contributed by atoms with E-state index in [9.17, 15) is 4.79 Å². The monoisotopic (exact) mass is 341 g/mol. The minimum atomic E-state index is -0.144. The molecule has 0 saturated heterocycles. The molecular weight excluding hydrogens is 325 g/mol. The van der Waals surface area contributed by atoms with E-state index in [1.54, 1.807) is 47.1 Å². The number of carbonyl (C=O) groups excluding carboxylic acids is 1. The first-order valence-corrected chi connectivity index (χ1v) is 7.59. The average Bonchev–Trinajstić information content (AvgIpc) is 2.86. The molecule has 0 aliphatic heterocycles. The van der Waals surface area contributed by atoms with E-state index in [1.807, 2.05) is 6.92 Å². The molecule has 0 unspecified atom stereocenters. The van der Waals surface area contributed by atoms with Gasteiger partial charge in [0, 0.05) is 18.6 Å². The molecular formula is C15H17Cl2N3O2. The third-order valence-electron chi connectivity index (χ3n) is 3.19. The Morgan fingerprint density at radius 3 is 2.64 bits per heavy atom. The average molecular weight is 342 g/mol. The topological polar surface area (TPSA) is 47.4 Å². The number of halogens is 2. The van der Waals surface area contributed by atoms with Crippen LogP contribution in [0, 0.1) is 0 Å². The van der Waals surface area contributed by atoms with Crippen LogP contribution in [0.4, 0.5) is 0 Å². The number of ether oxygens (including phenoxy) is 1. The van der Waals surface area contributed by atoms with Crippen molar-refractivity contribution in [3.05, 3.63) is 46.2 Å². The highest BCUT2D eigenvalue weighted by molar-refractivity contribution is 6.31. The molecule has 118 valence electrons. The number of carbonyl (C=O) groups is 1. The quantitative estimate of drug-likeness (QED) is 0.810. The number of benzene rings is 1. The highest BCUT2D eigenvalue weighted by Gasteiger charge is 2.15. The molecule has 0 radical (unpaired) electrons. The van der Waals surface area contributed by atoms with Crippen molar-refractivity contribution in [1.29, 1.82) is 0 Å². The maximum Gasteiger partial charge on any atom is 0.260 e. The summed E-state index contributed by atoms with van der Waals surface area (Å²) in [6.45, 7) is 3.01. The number of amides is 1. The number of hydrogen-bond donors (Lipinski definition) is 0. The lowest BCUT2D eigenvalue weighted by Crippen LogP contribution is -2.31. The second-order valence-corrected chi connectivity index (χ2v) is 5.59. The summed E-state index contributed by atoms with van der Waals surface area (Å²) >= 11 is 11.9. The maximum absolute atomic E-state index is 12.1. The first kappa shape index (κ1) is 16.6. The molecule has 0 bridgehead atoms. The van der Waals surface area contributed by atoms with Crippen molar-refractivity contribution in [2.45, 2.75) is 20.0 Å². The van der Waals surface area contributed by atoms with Gasteiger partial charge >= 0.3 is 0 Å². The van der Waals surface area contributed by atoms with Gasteiger partial charge in [-0.2, -0.15) is 5.10 Å². The van der Waals surface area contributed by atoms with Gasteiger partial charge in [-0.3, -0.25) is 9.48 Å². The minimum absolute atomic E-state index is 0.0456. The van der Waals surface area contributed by atoms with E-state index in [0.29, 0.717) is 28.9 Å². The molecule has 1 amide bonds. The summed E-state index contributed by atoms with van der Waals surface area (Å²) < 4.78 is 7.21. The van der Waals surface area contributed by atoms with Crippen LogP contribution in [0.2, 0.25) is 10.0 Å². The summed E-state index contributed by atoms with van der Waals surface area (Å²) in [5.74, 6) is 0.456. The predicted octanol–water partition coefficient (Wildman–Crippen LogP) is 3.25. The predicted molar refractivity (Wildman–Crippen MR) is 86.3 cm³/mol. The molecule has 0 atom stereocenters. The zero-order chi connectivity index (χ0) is 16.1. The van der Waals surface area contributed by atoms with Crippen molar-refractivity contribution >= 4 is 29.1 Å².